The predicted octanol–water partition coefficient (Wildman–Crippen LogP) is 3.55. The van der Waals surface area contributed by atoms with Crippen molar-refractivity contribution < 1.29 is 9.59 Å². The van der Waals surface area contributed by atoms with Gasteiger partial charge in [-0.05, 0) is 31.0 Å². The lowest BCUT2D eigenvalue weighted by Gasteiger charge is -2.26. The Morgan fingerprint density at radius 3 is 2.73 bits per heavy atom. The first kappa shape index (κ1) is 15.7. The fraction of sp³-hybridized carbons (Fsp3) is 0.500. The van der Waals surface area contributed by atoms with E-state index in [0.29, 0.717) is 5.02 Å². The molecule has 0 saturated carbocycles. The smallest absolute Gasteiger partial charge is 0.238 e. The molecule has 2 heterocycles. The van der Waals surface area contributed by atoms with Crippen molar-refractivity contribution in [3.8, 4) is 0 Å². The van der Waals surface area contributed by atoms with E-state index in [1.54, 1.807) is 12.1 Å². The van der Waals surface area contributed by atoms with Crippen LogP contribution in [0.25, 0.3) is 0 Å². The molecule has 118 valence electrons. The number of nitrogens with zero attached hydrogens (tertiary/aromatic N) is 1. The number of fused-ring (bicyclic) bond motifs is 1. The zero-order chi connectivity index (χ0) is 15.5. The largest absolute Gasteiger partial charge is 0.343 e. The summed E-state index contributed by atoms with van der Waals surface area (Å²) in [5.74, 6) is -0.0186. The number of nitrogens with one attached hydrogen (secondary N) is 1. The van der Waals surface area contributed by atoms with Crippen LogP contribution < -0.4 is 5.32 Å². The molecule has 2 aliphatic rings. The number of carbonyl (C=O) groups excluding carboxylic acids is 2. The second-order valence-electron chi connectivity index (χ2n) is 5.74. The van der Waals surface area contributed by atoms with Crippen molar-refractivity contribution in [3.05, 3.63) is 23.2 Å². The van der Waals surface area contributed by atoms with Gasteiger partial charge in [-0.1, -0.05) is 24.4 Å². The minimum absolute atomic E-state index is 0.0898. The highest BCUT2D eigenvalue weighted by Crippen LogP contribution is 2.38. The Kier molecular flexibility index (Phi) is 4.93. The SMILES string of the molecule is O=C1Nc2cc(Cl)ccc2S[C@H]1CC(=O)N1CCCCCC1. The van der Waals surface area contributed by atoms with Crippen LogP contribution in [0.2, 0.25) is 5.02 Å². The molecule has 1 aromatic rings. The van der Waals surface area contributed by atoms with Crippen LogP contribution in [0.3, 0.4) is 0 Å². The van der Waals surface area contributed by atoms with Gasteiger partial charge in [0, 0.05) is 29.4 Å². The van der Waals surface area contributed by atoms with Crippen LogP contribution in [-0.4, -0.2) is 35.1 Å². The summed E-state index contributed by atoms with van der Waals surface area (Å²) >= 11 is 7.39. The van der Waals surface area contributed by atoms with Crippen LogP contribution in [0.15, 0.2) is 23.1 Å². The highest BCUT2D eigenvalue weighted by Gasteiger charge is 2.30. The molecule has 4 nitrogen and oxygen atoms in total. The van der Waals surface area contributed by atoms with Crippen molar-refractivity contribution in [2.45, 2.75) is 42.2 Å². The predicted molar refractivity (Wildman–Crippen MR) is 89.4 cm³/mol. The molecule has 3 rings (SSSR count). The number of halogens is 1. The van der Waals surface area contributed by atoms with E-state index in [0.717, 1.165) is 36.5 Å². The van der Waals surface area contributed by atoms with Crippen LogP contribution in [-0.2, 0) is 9.59 Å². The normalized spacial score (nSPS) is 21.8. The average molecular weight is 339 g/mol. The summed E-state index contributed by atoms with van der Waals surface area (Å²) in [6.07, 6.45) is 4.78. The monoisotopic (exact) mass is 338 g/mol. The van der Waals surface area contributed by atoms with E-state index in [2.05, 4.69) is 5.32 Å². The number of rotatable bonds is 2. The molecule has 1 N–H and O–H groups in total. The summed E-state index contributed by atoms with van der Waals surface area (Å²) < 4.78 is 0. The number of hydrogen-bond donors (Lipinski definition) is 1. The van der Waals surface area contributed by atoms with E-state index in [1.807, 2.05) is 11.0 Å². The molecule has 1 saturated heterocycles. The number of hydrogen-bond acceptors (Lipinski definition) is 3. The lowest BCUT2D eigenvalue weighted by molar-refractivity contribution is -0.132. The number of benzene rings is 1. The number of thioether (sulfide) groups is 1. The maximum absolute atomic E-state index is 12.4. The molecule has 22 heavy (non-hydrogen) atoms. The van der Waals surface area contributed by atoms with Gasteiger partial charge in [0.2, 0.25) is 11.8 Å². The van der Waals surface area contributed by atoms with Crippen molar-refractivity contribution in [2.75, 3.05) is 18.4 Å². The maximum Gasteiger partial charge on any atom is 0.238 e. The zero-order valence-electron chi connectivity index (χ0n) is 12.3. The maximum atomic E-state index is 12.4. The number of anilines is 1. The van der Waals surface area contributed by atoms with Crippen molar-refractivity contribution in [1.82, 2.24) is 4.90 Å². The standard InChI is InChI=1S/C16H19ClN2O2S/c17-11-5-6-13-12(9-11)18-16(21)14(22-13)10-15(20)19-7-3-1-2-4-8-19/h5-6,9,14H,1-4,7-8,10H2,(H,18,21)/t14-/m0/s1. The van der Waals surface area contributed by atoms with Crippen LogP contribution in [0.5, 0.6) is 0 Å². The highest BCUT2D eigenvalue weighted by atomic mass is 35.5. The van der Waals surface area contributed by atoms with Gasteiger partial charge in [-0.2, -0.15) is 0 Å². The summed E-state index contributed by atoms with van der Waals surface area (Å²) in [4.78, 5) is 27.5. The minimum Gasteiger partial charge on any atom is -0.343 e. The Bertz CT molecular complexity index is 586. The first-order chi connectivity index (χ1) is 10.6. The van der Waals surface area contributed by atoms with E-state index in [9.17, 15) is 9.59 Å². The van der Waals surface area contributed by atoms with Crippen molar-refractivity contribution >= 4 is 40.9 Å². The van der Waals surface area contributed by atoms with Gasteiger partial charge in [-0.25, -0.2) is 0 Å². The molecule has 1 atom stereocenters. The number of carbonyl (C=O) groups is 2. The molecule has 0 aliphatic carbocycles. The van der Waals surface area contributed by atoms with Gasteiger partial charge in [0.1, 0.15) is 0 Å². The van der Waals surface area contributed by atoms with Gasteiger partial charge >= 0.3 is 0 Å². The Hall–Kier alpha value is -1.20. The van der Waals surface area contributed by atoms with Crippen LogP contribution in [0, 0.1) is 0 Å². The molecule has 0 unspecified atom stereocenters. The summed E-state index contributed by atoms with van der Waals surface area (Å²) in [5.41, 5.74) is 0.737. The Labute approximate surface area is 139 Å². The summed E-state index contributed by atoms with van der Waals surface area (Å²) in [5, 5.41) is 3.10. The van der Waals surface area contributed by atoms with E-state index in [1.165, 1.54) is 24.6 Å². The molecule has 0 bridgehead atoms. The van der Waals surface area contributed by atoms with E-state index in [4.69, 9.17) is 11.6 Å². The second kappa shape index (κ2) is 6.92. The van der Waals surface area contributed by atoms with Gasteiger partial charge in [-0.3, -0.25) is 9.59 Å². The van der Waals surface area contributed by atoms with E-state index < -0.39 is 0 Å². The first-order valence-corrected chi connectivity index (χ1v) is 8.94. The quantitative estimate of drug-likeness (QED) is 0.897. The van der Waals surface area contributed by atoms with Gasteiger partial charge in [0.15, 0.2) is 0 Å². The summed E-state index contributed by atoms with van der Waals surface area (Å²) in [7, 11) is 0. The second-order valence-corrected chi connectivity index (χ2v) is 7.42. The molecular formula is C16H19ClN2O2S. The van der Waals surface area contributed by atoms with Gasteiger partial charge in [0.25, 0.3) is 0 Å². The third-order valence-corrected chi connectivity index (χ3v) is 5.59. The molecule has 1 fully saturated rings. The fourth-order valence-electron chi connectivity index (χ4n) is 2.86. The Balaban J connectivity index is 1.66. The molecule has 0 aromatic heterocycles. The topological polar surface area (TPSA) is 49.4 Å². The lowest BCUT2D eigenvalue weighted by atomic mass is 10.2. The van der Waals surface area contributed by atoms with Gasteiger partial charge in [-0.15, -0.1) is 11.8 Å². The third-order valence-electron chi connectivity index (χ3n) is 4.08. The third kappa shape index (κ3) is 3.58. The number of likely N-dealkylation sites (tertiary alicyclic amines) is 1. The molecule has 2 amide bonds. The van der Waals surface area contributed by atoms with Crippen LogP contribution >= 0.6 is 23.4 Å². The van der Waals surface area contributed by atoms with Gasteiger partial charge in [0.05, 0.1) is 10.9 Å². The molecule has 0 spiro atoms. The van der Waals surface area contributed by atoms with Crippen molar-refractivity contribution in [2.24, 2.45) is 0 Å². The molecule has 6 heteroatoms. The summed E-state index contributed by atoms with van der Waals surface area (Å²) in [6, 6.07) is 5.44. The first-order valence-electron chi connectivity index (χ1n) is 7.68. The Morgan fingerprint density at radius 1 is 1.27 bits per heavy atom. The highest BCUT2D eigenvalue weighted by molar-refractivity contribution is 8.01. The molecular weight excluding hydrogens is 320 g/mol. The van der Waals surface area contributed by atoms with E-state index >= 15 is 0 Å². The lowest BCUT2D eigenvalue weighted by Crippen LogP contribution is -2.38. The molecule has 0 radical (unpaired) electrons. The summed E-state index contributed by atoms with van der Waals surface area (Å²) in [6.45, 7) is 1.65. The minimum atomic E-state index is -0.357. The van der Waals surface area contributed by atoms with E-state index in [-0.39, 0.29) is 23.5 Å². The van der Waals surface area contributed by atoms with Crippen molar-refractivity contribution in [1.29, 1.82) is 0 Å². The fourth-order valence-corrected chi connectivity index (χ4v) is 4.12. The van der Waals surface area contributed by atoms with Gasteiger partial charge < -0.3 is 10.2 Å². The van der Waals surface area contributed by atoms with Crippen LogP contribution in [0.1, 0.15) is 32.1 Å². The Morgan fingerprint density at radius 2 is 2.00 bits per heavy atom. The van der Waals surface area contributed by atoms with Crippen molar-refractivity contribution in [3.63, 3.8) is 0 Å². The zero-order valence-corrected chi connectivity index (χ0v) is 13.9. The van der Waals surface area contributed by atoms with Crippen LogP contribution in [0.4, 0.5) is 5.69 Å². The number of amides is 2. The average Bonchev–Trinajstić information content (AvgIpc) is 2.77. The molecule has 1 aromatic carbocycles. The molecule has 2 aliphatic heterocycles.